The van der Waals surface area contributed by atoms with Gasteiger partial charge in [-0.15, -0.1) is 11.8 Å². The van der Waals surface area contributed by atoms with Crippen molar-refractivity contribution in [1.29, 1.82) is 0 Å². The van der Waals surface area contributed by atoms with Crippen LogP contribution in [0.2, 0.25) is 0 Å². The van der Waals surface area contributed by atoms with Crippen molar-refractivity contribution in [2.24, 2.45) is 0 Å². The Kier molecular flexibility index (Phi) is 3.14. The van der Waals surface area contributed by atoms with Gasteiger partial charge in [-0.3, -0.25) is 14.9 Å². The van der Waals surface area contributed by atoms with Crippen molar-refractivity contribution in [3.05, 3.63) is 51.6 Å². The van der Waals surface area contributed by atoms with Crippen molar-refractivity contribution in [3.8, 4) is 0 Å². The molecule has 0 aromatic heterocycles. The van der Waals surface area contributed by atoms with Crippen molar-refractivity contribution >= 4 is 23.4 Å². The third kappa shape index (κ3) is 2.31. The maximum atomic E-state index is 12.0. The summed E-state index contributed by atoms with van der Waals surface area (Å²) in [5.74, 6) is 0.687. The van der Waals surface area contributed by atoms with Gasteiger partial charge in [0.15, 0.2) is 0 Å². The van der Waals surface area contributed by atoms with Crippen molar-refractivity contribution < 1.29 is 9.72 Å². The summed E-state index contributed by atoms with van der Waals surface area (Å²) in [6, 6.07) is 5.60. The number of non-ortho nitro benzene ring substituents is 1. The largest absolute Gasteiger partial charge is 0.302 e. The molecule has 1 fully saturated rings. The molecule has 1 amide bonds. The van der Waals surface area contributed by atoms with Crippen LogP contribution in [0.5, 0.6) is 0 Å². The lowest BCUT2D eigenvalue weighted by atomic mass is 10.2. The topological polar surface area (TPSA) is 63.5 Å². The van der Waals surface area contributed by atoms with Crippen LogP contribution in [0, 0.1) is 10.1 Å². The summed E-state index contributed by atoms with van der Waals surface area (Å²) in [6.45, 7) is 4.43. The maximum absolute atomic E-state index is 12.0. The van der Waals surface area contributed by atoms with Gasteiger partial charge in [0.05, 0.1) is 9.95 Å². The highest BCUT2D eigenvalue weighted by molar-refractivity contribution is 8.03. The molecule has 6 heteroatoms. The average Bonchev–Trinajstić information content (AvgIpc) is 2.74. The van der Waals surface area contributed by atoms with E-state index in [-0.39, 0.29) is 11.6 Å². The first kappa shape index (κ1) is 11.7. The summed E-state index contributed by atoms with van der Waals surface area (Å²) in [6.07, 6.45) is 0. The summed E-state index contributed by atoms with van der Waals surface area (Å²) in [4.78, 5) is 23.6. The molecule has 0 radical (unpaired) electrons. The predicted molar refractivity (Wildman–Crippen MR) is 65.7 cm³/mol. The fourth-order valence-corrected chi connectivity index (χ4v) is 2.39. The van der Waals surface area contributed by atoms with Gasteiger partial charge >= 0.3 is 0 Å². The van der Waals surface area contributed by atoms with Gasteiger partial charge in [-0.25, -0.2) is 0 Å². The Morgan fingerprint density at radius 1 is 1.41 bits per heavy atom. The van der Waals surface area contributed by atoms with Gasteiger partial charge in [-0.1, -0.05) is 6.58 Å². The molecule has 0 saturated carbocycles. The third-order valence-corrected chi connectivity index (χ3v) is 3.40. The number of benzene rings is 1. The van der Waals surface area contributed by atoms with Crippen molar-refractivity contribution in [3.63, 3.8) is 0 Å². The average molecular weight is 250 g/mol. The molecule has 0 unspecified atom stereocenters. The van der Waals surface area contributed by atoms with Gasteiger partial charge in [0, 0.05) is 30.0 Å². The quantitative estimate of drug-likeness (QED) is 0.596. The predicted octanol–water partition coefficient (Wildman–Crippen LogP) is 2.25. The molecule has 1 aliphatic rings. The molecular weight excluding hydrogens is 240 g/mol. The zero-order chi connectivity index (χ0) is 12.4. The molecule has 88 valence electrons. The van der Waals surface area contributed by atoms with Crippen LogP contribution in [0.25, 0.3) is 0 Å². The first-order chi connectivity index (χ1) is 8.09. The first-order valence-electron chi connectivity index (χ1n) is 4.97. The molecule has 5 nitrogen and oxygen atoms in total. The Morgan fingerprint density at radius 3 is 2.53 bits per heavy atom. The van der Waals surface area contributed by atoms with Crippen LogP contribution in [0.3, 0.4) is 0 Å². The van der Waals surface area contributed by atoms with E-state index in [4.69, 9.17) is 0 Å². The Hall–Kier alpha value is -1.82. The molecule has 2 rings (SSSR count). The van der Waals surface area contributed by atoms with E-state index in [1.165, 1.54) is 36.0 Å². The Bertz CT molecular complexity index is 484. The fourth-order valence-electron chi connectivity index (χ4n) is 1.55. The number of nitrogens with zero attached hydrogens (tertiary/aromatic N) is 2. The van der Waals surface area contributed by atoms with Crippen LogP contribution >= 0.6 is 11.8 Å². The smallest absolute Gasteiger partial charge is 0.269 e. The number of rotatable bonds is 2. The second kappa shape index (κ2) is 4.58. The molecule has 1 heterocycles. The minimum atomic E-state index is -0.487. The van der Waals surface area contributed by atoms with E-state index >= 15 is 0 Å². The zero-order valence-electron chi connectivity index (χ0n) is 8.96. The summed E-state index contributed by atoms with van der Waals surface area (Å²) >= 11 is 1.54. The van der Waals surface area contributed by atoms with Gasteiger partial charge < -0.3 is 4.90 Å². The van der Waals surface area contributed by atoms with Crippen LogP contribution in [-0.4, -0.2) is 28.0 Å². The molecular formula is C11H10N2O3S. The lowest BCUT2D eigenvalue weighted by Crippen LogP contribution is -2.26. The summed E-state index contributed by atoms with van der Waals surface area (Å²) in [5, 5.41) is 11.2. The second-order valence-electron chi connectivity index (χ2n) is 3.50. The number of amides is 1. The van der Waals surface area contributed by atoms with Crippen molar-refractivity contribution in [2.45, 2.75) is 0 Å². The first-order valence-corrected chi connectivity index (χ1v) is 5.96. The van der Waals surface area contributed by atoms with Gasteiger partial charge in [0.25, 0.3) is 11.6 Å². The van der Waals surface area contributed by atoms with E-state index in [1.54, 1.807) is 4.90 Å². The van der Waals surface area contributed by atoms with Gasteiger partial charge in [0.2, 0.25) is 0 Å². The molecule has 1 aromatic rings. The third-order valence-electron chi connectivity index (χ3n) is 2.45. The van der Waals surface area contributed by atoms with E-state index in [0.717, 1.165) is 10.8 Å². The number of hydrogen-bond acceptors (Lipinski definition) is 4. The highest BCUT2D eigenvalue weighted by atomic mass is 32.2. The Labute approximate surface area is 102 Å². The minimum Gasteiger partial charge on any atom is -0.302 e. The lowest BCUT2D eigenvalue weighted by molar-refractivity contribution is -0.384. The zero-order valence-corrected chi connectivity index (χ0v) is 9.77. The molecule has 0 atom stereocenters. The molecule has 1 aromatic carbocycles. The van der Waals surface area contributed by atoms with Gasteiger partial charge in [-0.05, 0) is 12.1 Å². The van der Waals surface area contributed by atoms with E-state index in [9.17, 15) is 14.9 Å². The van der Waals surface area contributed by atoms with E-state index in [0.29, 0.717) is 12.1 Å². The van der Waals surface area contributed by atoms with Crippen molar-refractivity contribution in [1.82, 2.24) is 4.90 Å². The molecule has 1 saturated heterocycles. The summed E-state index contributed by atoms with van der Waals surface area (Å²) < 4.78 is 0. The maximum Gasteiger partial charge on any atom is 0.269 e. The second-order valence-corrected chi connectivity index (χ2v) is 4.67. The fraction of sp³-hybridized carbons (Fsp3) is 0.182. The molecule has 17 heavy (non-hydrogen) atoms. The van der Waals surface area contributed by atoms with Crippen LogP contribution < -0.4 is 0 Å². The molecule has 0 spiro atoms. The minimum absolute atomic E-state index is 0.0174. The molecule has 1 aliphatic heterocycles. The van der Waals surface area contributed by atoms with Crippen LogP contribution in [0.15, 0.2) is 35.9 Å². The monoisotopic (exact) mass is 250 g/mol. The number of carbonyl (C=O) groups excluding carboxylic acids is 1. The number of carbonyl (C=O) groups is 1. The highest BCUT2D eigenvalue weighted by Gasteiger charge is 2.23. The summed E-state index contributed by atoms with van der Waals surface area (Å²) in [7, 11) is 0. The van der Waals surface area contributed by atoms with Crippen LogP contribution in [0.4, 0.5) is 5.69 Å². The van der Waals surface area contributed by atoms with Crippen molar-refractivity contribution in [2.75, 3.05) is 12.3 Å². The lowest BCUT2D eigenvalue weighted by Gasteiger charge is -2.15. The number of hydrogen-bond donors (Lipinski definition) is 0. The number of nitro groups is 1. The normalized spacial score (nSPS) is 15.1. The van der Waals surface area contributed by atoms with E-state index in [1.807, 2.05) is 0 Å². The number of thioether (sulfide) groups is 1. The molecule has 0 bridgehead atoms. The van der Waals surface area contributed by atoms with Crippen LogP contribution in [-0.2, 0) is 0 Å². The van der Waals surface area contributed by atoms with E-state index in [2.05, 4.69) is 6.58 Å². The van der Waals surface area contributed by atoms with Gasteiger partial charge in [0.1, 0.15) is 0 Å². The highest BCUT2D eigenvalue weighted by Crippen LogP contribution is 2.27. The van der Waals surface area contributed by atoms with E-state index < -0.39 is 4.92 Å². The number of nitro benzene ring substituents is 1. The molecule has 0 N–H and O–H groups in total. The Morgan fingerprint density at radius 2 is 2.06 bits per heavy atom. The standard InChI is InChI=1S/C11H10N2O3S/c1-8-12(6-7-17-8)11(14)9-2-4-10(5-3-9)13(15)16/h2-5H,1,6-7H2. The Balaban J connectivity index is 2.20. The summed E-state index contributed by atoms with van der Waals surface area (Å²) in [5.41, 5.74) is 0.426. The molecule has 0 aliphatic carbocycles. The SMILES string of the molecule is C=C1SCCN1C(=O)c1ccc([N+](=O)[O-])cc1. The van der Waals surface area contributed by atoms with Gasteiger partial charge in [-0.2, -0.15) is 0 Å². The van der Waals surface area contributed by atoms with Crippen LogP contribution in [0.1, 0.15) is 10.4 Å².